The molecule has 0 aliphatic carbocycles. The first-order chi connectivity index (χ1) is 36.0. The molecule has 73 heavy (non-hydrogen) atoms. The smallest absolute Gasteiger partial charge is 0.306 e. The summed E-state index contributed by atoms with van der Waals surface area (Å²) >= 11 is 0. The zero-order valence-electron chi connectivity index (χ0n) is 47.6. The predicted molar refractivity (Wildman–Crippen MR) is 316 cm³/mol. The van der Waals surface area contributed by atoms with Gasteiger partial charge >= 0.3 is 17.9 Å². The van der Waals surface area contributed by atoms with Gasteiger partial charge in [0.05, 0.1) is 0 Å². The minimum Gasteiger partial charge on any atom is -0.462 e. The van der Waals surface area contributed by atoms with Crippen LogP contribution in [0.25, 0.3) is 0 Å². The molecule has 0 saturated heterocycles. The molecule has 0 rings (SSSR count). The standard InChI is InChI=1S/C67H112O6/c1-4-7-10-13-16-19-22-25-28-31-33-36-38-41-44-47-50-53-56-59-65(68)71-62-64(73-67(70)61-58-55-52-49-46-43-40-35-30-27-24-21-18-15-12-9-6-3)63-72-66(69)60-57-54-51-48-45-42-39-37-34-32-29-26-23-20-17-14-11-8-5-2/h7,9-10,12,16,18-19,21,25,27-28,30,33,36,40-41,43-44,64H,4-6,8,11,13-15,17,20,22-24,26,29,31-32,34-35,37-39,42,45-63H2,1-3H3/b10-7-,12-9-,19-16-,21-18-,28-25-,30-27-,36-33-,43-40-,44-41-/t64-/m1/s1. The molecular formula is C67H112O6. The van der Waals surface area contributed by atoms with E-state index in [1.807, 2.05) is 0 Å². The Balaban J connectivity index is 4.47. The van der Waals surface area contributed by atoms with Gasteiger partial charge in [-0.05, 0) is 103 Å². The Hall–Kier alpha value is -3.93. The quantitative estimate of drug-likeness (QED) is 0.0261. The fourth-order valence-electron chi connectivity index (χ4n) is 8.28. The largest absolute Gasteiger partial charge is 0.462 e. The van der Waals surface area contributed by atoms with Crippen molar-refractivity contribution >= 4 is 17.9 Å². The number of carbonyl (C=O) groups excluding carboxylic acids is 3. The molecule has 1 atom stereocenters. The van der Waals surface area contributed by atoms with E-state index in [2.05, 4.69) is 130 Å². The van der Waals surface area contributed by atoms with E-state index in [1.54, 1.807) is 0 Å². The van der Waals surface area contributed by atoms with Crippen LogP contribution in [0.1, 0.15) is 278 Å². The van der Waals surface area contributed by atoms with Gasteiger partial charge in [-0.2, -0.15) is 0 Å². The molecule has 0 radical (unpaired) electrons. The average molecular weight is 1010 g/mol. The van der Waals surface area contributed by atoms with Crippen molar-refractivity contribution in [3.8, 4) is 0 Å². The van der Waals surface area contributed by atoms with Crippen LogP contribution < -0.4 is 0 Å². The summed E-state index contributed by atoms with van der Waals surface area (Å²) in [6.45, 7) is 6.39. The lowest BCUT2D eigenvalue weighted by molar-refractivity contribution is -0.167. The Morgan fingerprint density at radius 1 is 0.288 bits per heavy atom. The summed E-state index contributed by atoms with van der Waals surface area (Å²) < 4.78 is 16.9. The molecule has 0 aliphatic rings. The molecular weight excluding hydrogens is 901 g/mol. The molecule has 416 valence electrons. The van der Waals surface area contributed by atoms with Gasteiger partial charge in [-0.25, -0.2) is 0 Å². The molecule has 0 heterocycles. The second-order valence-electron chi connectivity index (χ2n) is 19.9. The number of esters is 3. The van der Waals surface area contributed by atoms with E-state index in [1.165, 1.54) is 103 Å². The van der Waals surface area contributed by atoms with Crippen molar-refractivity contribution in [3.63, 3.8) is 0 Å². The summed E-state index contributed by atoms with van der Waals surface area (Å²) in [5.74, 6) is -0.949. The first kappa shape index (κ1) is 69.1. The summed E-state index contributed by atoms with van der Waals surface area (Å²) in [4.78, 5) is 38.3. The number of carbonyl (C=O) groups is 3. The van der Waals surface area contributed by atoms with Gasteiger partial charge in [-0.3, -0.25) is 14.4 Å². The predicted octanol–water partition coefficient (Wildman–Crippen LogP) is 20.7. The highest BCUT2D eigenvalue weighted by atomic mass is 16.6. The summed E-state index contributed by atoms with van der Waals surface area (Å²) in [5.41, 5.74) is 0. The van der Waals surface area contributed by atoms with Crippen LogP contribution in [-0.2, 0) is 28.6 Å². The normalized spacial score (nSPS) is 12.9. The van der Waals surface area contributed by atoms with Gasteiger partial charge in [-0.1, -0.05) is 265 Å². The van der Waals surface area contributed by atoms with Crippen LogP contribution in [0, 0.1) is 0 Å². The van der Waals surface area contributed by atoms with Gasteiger partial charge in [0.15, 0.2) is 6.10 Å². The van der Waals surface area contributed by atoms with Crippen LogP contribution in [0.5, 0.6) is 0 Å². The van der Waals surface area contributed by atoms with E-state index >= 15 is 0 Å². The van der Waals surface area contributed by atoms with E-state index in [9.17, 15) is 14.4 Å². The monoisotopic (exact) mass is 1010 g/mol. The molecule has 6 heteroatoms. The SMILES string of the molecule is CC/C=C\C/C=C\C/C=C\C/C=C\C/C=C\CCCCCC(=O)OC[C@H](COC(=O)CCCCCCCCCCCCCCCCCCCCC)OC(=O)CCCCCC/C=C\C/C=C\C/C=C\C/C=C\CC. The van der Waals surface area contributed by atoms with E-state index < -0.39 is 6.10 Å². The number of allylic oxidation sites excluding steroid dienone is 18. The van der Waals surface area contributed by atoms with Crippen LogP contribution in [0.15, 0.2) is 109 Å². The first-order valence-electron chi connectivity index (χ1n) is 30.4. The minimum absolute atomic E-state index is 0.0981. The van der Waals surface area contributed by atoms with Crippen molar-refractivity contribution in [1.29, 1.82) is 0 Å². The molecule has 0 unspecified atom stereocenters. The Bertz CT molecular complexity index is 1490. The molecule has 0 spiro atoms. The first-order valence-corrected chi connectivity index (χ1v) is 30.4. The Morgan fingerprint density at radius 2 is 0.534 bits per heavy atom. The number of unbranched alkanes of at least 4 members (excludes halogenated alkanes) is 25. The number of rotatable bonds is 54. The summed E-state index contributed by atoms with van der Waals surface area (Å²) in [6.07, 6.45) is 82.3. The lowest BCUT2D eigenvalue weighted by Gasteiger charge is -2.18. The lowest BCUT2D eigenvalue weighted by Crippen LogP contribution is -2.30. The molecule has 0 bridgehead atoms. The van der Waals surface area contributed by atoms with Crippen LogP contribution in [0.2, 0.25) is 0 Å². The Kier molecular flexibility index (Phi) is 57.4. The topological polar surface area (TPSA) is 78.9 Å². The molecule has 0 aromatic heterocycles. The highest BCUT2D eigenvalue weighted by molar-refractivity contribution is 5.71. The lowest BCUT2D eigenvalue weighted by atomic mass is 10.0. The van der Waals surface area contributed by atoms with Gasteiger partial charge in [0, 0.05) is 19.3 Å². The zero-order valence-corrected chi connectivity index (χ0v) is 47.6. The summed E-state index contributed by atoms with van der Waals surface area (Å²) in [5, 5.41) is 0. The fraction of sp³-hybridized carbons (Fsp3) is 0.687. The van der Waals surface area contributed by atoms with Gasteiger partial charge in [0.25, 0.3) is 0 Å². The molecule has 6 nitrogen and oxygen atoms in total. The van der Waals surface area contributed by atoms with E-state index in [0.717, 1.165) is 135 Å². The third-order valence-corrected chi connectivity index (χ3v) is 12.8. The summed E-state index contributed by atoms with van der Waals surface area (Å²) in [7, 11) is 0. The highest BCUT2D eigenvalue weighted by Crippen LogP contribution is 2.16. The van der Waals surface area contributed by atoms with Crippen molar-refractivity contribution < 1.29 is 28.6 Å². The maximum Gasteiger partial charge on any atom is 0.306 e. The second-order valence-corrected chi connectivity index (χ2v) is 19.9. The average Bonchev–Trinajstić information content (AvgIpc) is 3.39. The molecule has 0 saturated carbocycles. The zero-order chi connectivity index (χ0) is 52.9. The minimum atomic E-state index is -0.806. The maximum absolute atomic E-state index is 12.9. The Labute approximate surface area is 450 Å². The fourth-order valence-corrected chi connectivity index (χ4v) is 8.28. The molecule has 0 aromatic rings. The van der Waals surface area contributed by atoms with E-state index in [0.29, 0.717) is 19.3 Å². The van der Waals surface area contributed by atoms with Crippen LogP contribution >= 0.6 is 0 Å². The third-order valence-electron chi connectivity index (χ3n) is 12.8. The number of hydrogen-bond acceptors (Lipinski definition) is 6. The van der Waals surface area contributed by atoms with Crippen molar-refractivity contribution in [2.45, 2.75) is 284 Å². The third kappa shape index (κ3) is 58.8. The van der Waals surface area contributed by atoms with Crippen molar-refractivity contribution in [1.82, 2.24) is 0 Å². The van der Waals surface area contributed by atoms with E-state index in [-0.39, 0.29) is 31.1 Å². The van der Waals surface area contributed by atoms with Crippen molar-refractivity contribution in [3.05, 3.63) is 109 Å². The molecule has 0 N–H and O–H groups in total. The second kappa shape index (κ2) is 60.6. The maximum atomic E-state index is 12.9. The van der Waals surface area contributed by atoms with Crippen molar-refractivity contribution in [2.24, 2.45) is 0 Å². The van der Waals surface area contributed by atoms with Crippen molar-refractivity contribution in [2.75, 3.05) is 13.2 Å². The molecule has 0 aliphatic heterocycles. The number of ether oxygens (including phenoxy) is 3. The Morgan fingerprint density at radius 3 is 0.849 bits per heavy atom. The molecule has 0 amide bonds. The van der Waals surface area contributed by atoms with Gasteiger partial charge in [-0.15, -0.1) is 0 Å². The highest BCUT2D eigenvalue weighted by Gasteiger charge is 2.19. The van der Waals surface area contributed by atoms with Crippen LogP contribution in [0.3, 0.4) is 0 Å². The van der Waals surface area contributed by atoms with Crippen LogP contribution in [-0.4, -0.2) is 37.2 Å². The van der Waals surface area contributed by atoms with E-state index in [4.69, 9.17) is 14.2 Å². The van der Waals surface area contributed by atoms with Gasteiger partial charge in [0.2, 0.25) is 0 Å². The molecule has 0 aromatic carbocycles. The number of hydrogen-bond donors (Lipinski definition) is 0. The summed E-state index contributed by atoms with van der Waals surface area (Å²) in [6, 6.07) is 0. The van der Waals surface area contributed by atoms with Gasteiger partial charge in [0.1, 0.15) is 13.2 Å². The van der Waals surface area contributed by atoms with Gasteiger partial charge < -0.3 is 14.2 Å². The molecule has 0 fully saturated rings. The van der Waals surface area contributed by atoms with Crippen LogP contribution in [0.4, 0.5) is 0 Å².